The molecule has 1 heterocycles. The standard InChI is InChI=1S/C8H5F3N/c1-2-4-12-5-3-7(6-12)8(9,10)11/h1,5-6H,4H2. The largest absolute Gasteiger partial charge is 0.418 e. The molecule has 1 nitrogen and oxygen atoms in total. The van der Waals surface area contributed by atoms with Crippen LogP contribution in [0.25, 0.3) is 0 Å². The van der Waals surface area contributed by atoms with Crippen molar-refractivity contribution in [3.63, 3.8) is 0 Å². The van der Waals surface area contributed by atoms with Crippen LogP contribution in [0.3, 0.4) is 0 Å². The lowest BCUT2D eigenvalue weighted by Crippen LogP contribution is -2.03. The van der Waals surface area contributed by atoms with E-state index < -0.39 is 11.7 Å². The van der Waals surface area contributed by atoms with E-state index in [-0.39, 0.29) is 6.54 Å². The first-order chi connectivity index (χ1) is 5.54. The van der Waals surface area contributed by atoms with Gasteiger partial charge < -0.3 is 4.57 Å². The molecule has 0 N–H and O–H groups in total. The molecule has 0 aliphatic rings. The fourth-order valence-corrected chi connectivity index (χ4v) is 0.745. The molecule has 12 heavy (non-hydrogen) atoms. The molecule has 0 spiro atoms. The van der Waals surface area contributed by atoms with Gasteiger partial charge in [0.25, 0.3) is 0 Å². The van der Waals surface area contributed by atoms with Gasteiger partial charge in [0.05, 0.1) is 12.1 Å². The van der Waals surface area contributed by atoms with Gasteiger partial charge in [-0.15, -0.1) is 6.42 Å². The Balaban J connectivity index is 2.86. The molecule has 63 valence electrons. The Labute approximate surface area is 67.8 Å². The molecule has 0 aliphatic heterocycles. The Morgan fingerprint density at radius 2 is 2.25 bits per heavy atom. The van der Waals surface area contributed by atoms with E-state index in [1.54, 1.807) is 0 Å². The van der Waals surface area contributed by atoms with Crippen LogP contribution in [0.5, 0.6) is 0 Å². The van der Waals surface area contributed by atoms with Crippen molar-refractivity contribution in [2.75, 3.05) is 0 Å². The highest BCUT2D eigenvalue weighted by Gasteiger charge is 2.31. The first-order valence-corrected chi connectivity index (χ1v) is 3.12. The Kier molecular flexibility index (Phi) is 2.13. The van der Waals surface area contributed by atoms with Crippen molar-refractivity contribution in [3.8, 4) is 12.3 Å². The van der Waals surface area contributed by atoms with Crippen molar-refractivity contribution in [1.82, 2.24) is 4.57 Å². The van der Waals surface area contributed by atoms with Crippen molar-refractivity contribution in [2.45, 2.75) is 12.7 Å². The van der Waals surface area contributed by atoms with E-state index in [0.717, 1.165) is 6.20 Å². The van der Waals surface area contributed by atoms with Crippen LogP contribution in [0, 0.1) is 18.4 Å². The molecule has 0 saturated carbocycles. The third-order valence-electron chi connectivity index (χ3n) is 1.26. The second kappa shape index (κ2) is 2.94. The van der Waals surface area contributed by atoms with E-state index >= 15 is 0 Å². The van der Waals surface area contributed by atoms with Crippen molar-refractivity contribution in [1.29, 1.82) is 0 Å². The minimum Gasteiger partial charge on any atom is -0.342 e. The van der Waals surface area contributed by atoms with E-state index in [0.29, 0.717) is 0 Å². The lowest BCUT2D eigenvalue weighted by atomic mass is 10.3. The van der Waals surface area contributed by atoms with E-state index in [1.807, 2.05) is 0 Å². The van der Waals surface area contributed by atoms with E-state index in [2.05, 4.69) is 12.0 Å². The van der Waals surface area contributed by atoms with Gasteiger partial charge in [-0.3, -0.25) is 0 Å². The molecule has 0 aliphatic carbocycles. The van der Waals surface area contributed by atoms with Gasteiger partial charge in [0.1, 0.15) is 0 Å². The highest BCUT2D eigenvalue weighted by Crippen LogP contribution is 2.28. The molecule has 0 aromatic carbocycles. The Morgan fingerprint density at radius 1 is 1.58 bits per heavy atom. The van der Waals surface area contributed by atoms with E-state index in [9.17, 15) is 13.2 Å². The monoisotopic (exact) mass is 172 g/mol. The van der Waals surface area contributed by atoms with Gasteiger partial charge in [-0.1, -0.05) is 5.92 Å². The average Bonchev–Trinajstić information content (AvgIpc) is 2.35. The predicted molar refractivity (Wildman–Crippen MR) is 37.1 cm³/mol. The highest BCUT2D eigenvalue weighted by molar-refractivity contribution is 5.13. The summed E-state index contributed by atoms with van der Waals surface area (Å²) in [6.07, 6.45) is 2.69. The van der Waals surface area contributed by atoms with Crippen molar-refractivity contribution in [2.24, 2.45) is 0 Å². The molecule has 0 atom stereocenters. The summed E-state index contributed by atoms with van der Waals surface area (Å²) in [5.74, 6) is 2.22. The second-order valence-corrected chi connectivity index (χ2v) is 2.19. The Morgan fingerprint density at radius 3 is 2.67 bits per heavy atom. The topological polar surface area (TPSA) is 4.93 Å². The molecule has 1 rings (SSSR count). The number of aromatic nitrogens is 1. The normalized spacial score (nSPS) is 11.2. The van der Waals surface area contributed by atoms with Crippen molar-refractivity contribution >= 4 is 0 Å². The SMILES string of the molecule is C#CCn1c[c]c(C(F)(F)F)c1. The summed E-state index contributed by atoms with van der Waals surface area (Å²) >= 11 is 0. The average molecular weight is 172 g/mol. The van der Waals surface area contributed by atoms with E-state index in [4.69, 9.17) is 6.42 Å². The number of nitrogens with zero attached hydrogens (tertiary/aromatic N) is 1. The lowest BCUT2D eigenvalue weighted by Gasteiger charge is -2.00. The molecule has 0 saturated heterocycles. The molecule has 4 heteroatoms. The van der Waals surface area contributed by atoms with Gasteiger partial charge in [-0.25, -0.2) is 0 Å². The van der Waals surface area contributed by atoms with Crippen LogP contribution in [0.4, 0.5) is 13.2 Å². The van der Waals surface area contributed by atoms with Gasteiger partial charge in [0.2, 0.25) is 0 Å². The third-order valence-corrected chi connectivity index (χ3v) is 1.26. The first-order valence-electron chi connectivity index (χ1n) is 3.12. The van der Waals surface area contributed by atoms with Gasteiger partial charge in [-0.05, 0) is 0 Å². The second-order valence-electron chi connectivity index (χ2n) is 2.19. The number of terminal acetylenes is 1. The van der Waals surface area contributed by atoms with E-state index in [1.165, 1.54) is 10.8 Å². The summed E-state index contributed by atoms with van der Waals surface area (Å²) in [5, 5.41) is 0. The van der Waals surface area contributed by atoms with Crippen LogP contribution >= 0.6 is 0 Å². The van der Waals surface area contributed by atoms with Gasteiger partial charge in [0, 0.05) is 18.5 Å². The molecular weight excluding hydrogens is 167 g/mol. The van der Waals surface area contributed by atoms with Crippen molar-refractivity contribution in [3.05, 3.63) is 24.0 Å². The molecule has 0 bridgehead atoms. The molecule has 1 aromatic heterocycles. The van der Waals surface area contributed by atoms with Crippen molar-refractivity contribution < 1.29 is 13.2 Å². The zero-order valence-electron chi connectivity index (χ0n) is 6.02. The van der Waals surface area contributed by atoms with Crippen LogP contribution in [0.1, 0.15) is 5.56 Å². The zero-order chi connectivity index (χ0) is 9.19. The molecule has 1 aromatic rings. The molecule has 1 radical (unpaired) electrons. The summed E-state index contributed by atoms with van der Waals surface area (Å²) in [5.41, 5.74) is -0.794. The first kappa shape index (κ1) is 8.72. The molecule has 0 fully saturated rings. The Bertz CT molecular complexity index is 303. The van der Waals surface area contributed by atoms with Crippen LogP contribution in [-0.4, -0.2) is 4.57 Å². The number of alkyl halides is 3. The molecule has 0 amide bonds. The summed E-state index contributed by atoms with van der Waals surface area (Å²) in [6.45, 7) is 0.132. The fourth-order valence-electron chi connectivity index (χ4n) is 0.745. The van der Waals surface area contributed by atoms with Gasteiger partial charge in [-0.2, -0.15) is 13.2 Å². The number of rotatable bonds is 1. The molecule has 0 unspecified atom stereocenters. The maximum atomic E-state index is 11.9. The molecular formula is C8H5F3N. The maximum Gasteiger partial charge on any atom is 0.418 e. The number of hydrogen-bond donors (Lipinski definition) is 0. The van der Waals surface area contributed by atoms with Crippen LogP contribution < -0.4 is 0 Å². The number of hydrogen-bond acceptors (Lipinski definition) is 0. The zero-order valence-corrected chi connectivity index (χ0v) is 6.02. The van der Waals surface area contributed by atoms with Crippen LogP contribution in [0.2, 0.25) is 0 Å². The summed E-state index contributed by atoms with van der Waals surface area (Å²) in [7, 11) is 0. The van der Waals surface area contributed by atoms with Gasteiger partial charge >= 0.3 is 6.18 Å². The minimum atomic E-state index is -4.33. The van der Waals surface area contributed by atoms with Gasteiger partial charge in [0.15, 0.2) is 0 Å². The lowest BCUT2D eigenvalue weighted by molar-refractivity contribution is -0.137. The predicted octanol–water partition coefficient (Wildman–Crippen LogP) is 1.94. The third kappa shape index (κ3) is 1.82. The Hall–Kier alpha value is -1.37. The summed E-state index contributed by atoms with van der Waals surface area (Å²) in [4.78, 5) is 0. The fraction of sp³-hybridized carbons (Fsp3) is 0.250. The minimum absolute atomic E-state index is 0.132. The maximum absolute atomic E-state index is 11.9. The highest BCUT2D eigenvalue weighted by atomic mass is 19.4. The summed E-state index contributed by atoms with van der Waals surface area (Å²) in [6, 6.07) is 2.07. The van der Waals surface area contributed by atoms with Crippen LogP contribution in [-0.2, 0) is 12.7 Å². The number of halogens is 3. The summed E-state index contributed by atoms with van der Waals surface area (Å²) < 4.78 is 37.1. The quantitative estimate of drug-likeness (QED) is 0.570. The smallest absolute Gasteiger partial charge is 0.342 e. The van der Waals surface area contributed by atoms with Crippen LogP contribution in [0.15, 0.2) is 12.4 Å².